The number of para-hydroxylation sites is 1. The second-order valence-electron chi connectivity index (χ2n) is 8.58. The molecule has 1 amide bonds. The highest BCUT2D eigenvalue weighted by atomic mass is 32.1. The summed E-state index contributed by atoms with van der Waals surface area (Å²) in [5, 5.41) is 11.6. The molecule has 8 heteroatoms. The topological polar surface area (TPSA) is 73.7 Å². The summed E-state index contributed by atoms with van der Waals surface area (Å²) in [6, 6.07) is 18.1. The third kappa shape index (κ3) is 3.85. The molecular formula is C27H22FN3O3S. The molecule has 0 bridgehead atoms. The summed E-state index contributed by atoms with van der Waals surface area (Å²) in [4.78, 5) is 34.5. The fourth-order valence-corrected chi connectivity index (χ4v) is 5.20. The number of rotatable bonds is 4. The Morgan fingerprint density at radius 1 is 1.06 bits per heavy atom. The van der Waals surface area contributed by atoms with Crippen LogP contribution < -0.4 is 9.80 Å². The van der Waals surface area contributed by atoms with Crippen molar-refractivity contribution >= 4 is 49.8 Å². The number of hydrogen-bond acceptors (Lipinski definition) is 6. The van der Waals surface area contributed by atoms with E-state index >= 15 is 0 Å². The molecule has 0 aliphatic carbocycles. The maximum absolute atomic E-state index is 13.9. The summed E-state index contributed by atoms with van der Waals surface area (Å²) in [7, 11) is 3.83. The fraction of sp³-hybridized carbons (Fsp3) is 0.148. The van der Waals surface area contributed by atoms with Gasteiger partial charge in [-0.3, -0.25) is 14.5 Å². The van der Waals surface area contributed by atoms with Crippen molar-refractivity contribution < 1.29 is 19.1 Å². The van der Waals surface area contributed by atoms with Gasteiger partial charge in [0.1, 0.15) is 11.6 Å². The number of amides is 1. The van der Waals surface area contributed by atoms with E-state index in [-0.39, 0.29) is 16.9 Å². The van der Waals surface area contributed by atoms with Gasteiger partial charge in [-0.05, 0) is 60.5 Å². The van der Waals surface area contributed by atoms with Crippen LogP contribution >= 0.6 is 11.3 Å². The largest absolute Gasteiger partial charge is 0.507 e. The number of Topliss-reactive ketones (excluding diaryl/α,β-unsaturated/α-hetero) is 1. The van der Waals surface area contributed by atoms with Crippen LogP contribution in [0.1, 0.15) is 22.7 Å². The van der Waals surface area contributed by atoms with Crippen molar-refractivity contribution in [3.8, 4) is 0 Å². The number of aromatic nitrogens is 1. The van der Waals surface area contributed by atoms with Crippen LogP contribution in [0.3, 0.4) is 0 Å². The van der Waals surface area contributed by atoms with Crippen molar-refractivity contribution in [3.05, 3.63) is 94.8 Å². The summed E-state index contributed by atoms with van der Waals surface area (Å²) in [6.45, 7) is 1.57. The van der Waals surface area contributed by atoms with E-state index in [4.69, 9.17) is 0 Å². The van der Waals surface area contributed by atoms with Crippen molar-refractivity contribution in [1.82, 2.24) is 4.98 Å². The number of hydrogen-bond donors (Lipinski definition) is 1. The van der Waals surface area contributed by atoms with Gasteiger partial charge in [-0.25, -0.2) is 9.37 Å². The molecule has 1 unspecified atom stereocenters. The van der Waals surface area contributed by atoms with E-state index in [1.807, 2.05) is 67.5 Å². The lowest BCUT2D eigenvalue weighted by atomic mass is 9.94. The molecule has 35 heavy (non-hydrogen) atoms. The Bertz CT molecular complexity index is 1470. The Morgan fingerprint density at radius 2 is 1.77 bits per heavy atom. The van der Waals surface area contributed by atoms with E-state index in [2.05, 4.69) is 4.98 Å². The number of nitrogens with zero attached hydrogens (tertiary/aromatic N) is 3. The average Bonchev–Trinajstić information content (AvgIpc) is 3.39. The van der Waals surface area contributed by atoms with Gasteiger partial charge in [-0.15, -0.1) is 0 Å². The van der Waals surface area contributed by atoms with Crippen molar-refractivity contribution in [1.29, 1.82) is 0 Å². The number of aryl methyl sites for hydroxylation is 1. The number of aliphatic hydroxyl groups is 1. The minimum Gasteiger partial charge on any atom is -0.507 e. The van der Waals surface area contributed by atoms with Crippen LogP contribution in [-0.2, 0) is 9.59 Å². The van der Waals surface area contributed by atoms with Gasteiger partial charge in [0.25, 0.3) is 5.78 Å². The standard InChI is InChI=1S/C27H22FN3O3S/c1-15-14-17(10-13-19(15)28)24(32)22-23(16-8-11-18(12-9-16)30(2)3)31(26(34)25(22)33)27-29-20-6-4-5-7-21(20)35-27/h4-14,23,32H,1-3H3/b24-22+. The number of halogens is 1. The normalized spacial score (nSPS) is 17.4. The molecule has 1 N–H and O–H groups in total. The number of carbonyl (C=O) groups is 2. The van der Waals surface area contributed by atoms with E-state index < -0.39 is 23.5 Å². The number of benzene rings is 3. The van der Waals surface area contributed by atoms with Crippen LogP contribution in [0.2, 0.25) is 0 Å². The first-order valence-electron chi connectivity index (χ1n) is 11.0. The van der Waals surface area contributed by atoms with Crippen LogP contribution in [0, 0.1) is 12.7 Å². The number of ketones is 1. The van der Waals surface area contributed by atoms with Gasteiger partial charge in [0.15, 0.2) is 5.13 Å². The Balaban J connectivity index is 1.72. The van der Waals surface area contributed by atoms with Crippen LogP contribution in [0.5, 0.6) is 0 Å². The van der Waals surface area contributed by atoms with E-state index in [9.17, 15) is 19.1 Å². The number of carbonyl (C=O) groups excluding carboxylic acids is 2. The van der Waals surface area contributed by atoms with E-state index in [0.29, 0.717) is 21.8 Å². The molecule has 1 saturated heterocycles. The molecule has 1 aliphatic heterocycles. The first-order chi connectivity index (χ1) is 16.8. The zero-order chi connectivity index (χ0) is 24.9. The maximum atomic E-state index is 13.9. The number of aliphatic hydroxyl groups excluding tert-OH is 1. The molecule has 5 rings (SSSR count). The van der Waals surface area contributed by atoms with E-state index in [1.54, 1.807) is 6.92 Å². The van der Waals surface area contributed by atoms with Crippen molar-refractivity contribution in [2.24, 2.45) is 0 Å². The molecular weight excluding hydrogens is 465 g/mol. The minimum atomic E-state index is -0.892. The van der Waals surface area contributed by atoms with Gasteiger partial charge in [-0.2, -0.15) is 0 Å². The molecule has 4 aromatic rings. The highest BCUT2D eigenvalue weighted by molar-refractivity contribution is 7.22. The number of thiazole rings is 1. The molecule has 1 aromatic heterocycles. The van der Waals surface area contributed by atoms with Gasteiger partial charge in [-0.1, -0.05) is 35.6 Å². The van der Waals surface area contributed by atoms with Crippen LogP contribution in [-0.4, -0.2) is 35.9 Å². The maximum Gasteiger partial charge on any atom is 0.301 e. The first kappa shape index (κ1) is 22.7. The second-order valence-corrected chi connectivity index (χ2v) is 9.59. The molecule has 1 atom stereocenters. The Kier molecular flexibility index (Phi) is 5.61. The number of anilines is 2. The van der Waals surface area contributed by atoms with Crippen LogP contribution in [0.4, 0.5) is 15.2 Å². The lowest BCUT2D eigenvalue weighted by Crippen LogP contribution is -2.29. The molecule has 0 saturated carbocycles. The third-order valence-electron chi connectivity index (χ3n) is 6.09. The molecule has 2 heterocycles. The Labute approximate surface area is 205 Å². The second kappa shape index (κ2) is 8.63. The predicted molar refractivity (Wildman–Crippen MR) is 136 cm³/mol. The fourth-order valence-electron chi connectivity index (χ4n) is 4.21. The van der Waals surface area contributed by atoms with Crippen molar-refractivity contribution in [3.63, 3.8) is 0 Å². The third-order valence-corrected chi connectivity index (χ3v) is 7.13. The number of fused-ring (bicyclic) bond motifs is 1. The van der Waals surface area contributed by atoms with Crippen LogP contribution in [0.25, 0.3) is 16.0 Å². The summed E-state index contributed by atoms with van der Waals surface area (Å²) in [6.07, 6.45) is 0. The van der Waals surface area contributed by atoms with Gasteiger partial charge >= 0.3 is 5.91 Å². The molecule has 0 spiro atoms. The molecule has 1 fully saturated rings. The van der Waals surface area contributed by atoms with E-state index in [1.165, 1.54) is 34.4 Å². The minimum absolute atomic E-state index is 0.0575. The Hall–Kier alpha value is -4.04. The van der Waals surface area contributed by atoms with Crippen molar-refractivity contribution in [2.45, 2.75) is 13.0 Å². The summed E-state index contributed by atoms with van der Waals surface area (Å²) < 4.78 is 14.7. The molecule has 6 nitrogen and oxygen atoms in total. The summed E-state index contributed by atoms with van der Waals surface area (Å²) in [5.74, 6) is -2.36. The van der Waals surface area contributed by atoms with Crippen molar-refractivity contribution in [2.75, 3.05) is 23.9 Å². The van der Waals surface area contributed by atoms with Gasteiger partial charge in [0.2, 0.25) is 0 Å². The Morgan fingerprint density at radius 3 is 2.43 bits per heavy atom. The lowest BCUT2D eigenvalue weighted by molar-refractivity contribution is -0.132. The SMILES string of the molecule is Cc1cc(/C(O)=C2\C(=O)C(=O)N(c3nc4ccccc4s3)C2c2ccc(N(C)C)cc2)ccc1F. The van der Waals surface area contributed by atoms with Gasteiger partial charge in [0.05, 0.1) is 21.8 Å². The molecule has 0 radical (unpaired) electrons. The highest BCUT2D eigenvalue weighted by Crippen LogP contribution is 2.44. The summed E-state index contributed by atoms with van der Waals surface area (Å²) >= 11 is 1.30. The predicted octanol–water partition coefficient (Wildman–Crippen LogP) is 5.44. The first-order valence-corrected chi connectivity index (χ1v) is 11.8. The highest BCUT2D eigenvalue weighted by Gasteiger charge is 2.48. The van der Waals surface area contributed by atoms with Crippen LogP contribution in [0.15, 0.2) is 72.3 Å². The summed E-state index contributed by atoms with van der Waals surface area (Å²) in [5.41, 5.74) is 2.83. The quantitative estimate of drug-likeness (QED) is 0.236. The smallest absolute Gasteiger partial charge is 0.301 e. The van der Waals surface area contributed by atoms with Gasteiger partial charge in [0, 0.05) is 25.3 Å². The van der Waals surface area contributed by atoms with E-state index in [0.717, 1.165) is 10.4 Å². The average molecular weight is 488 g/mol. The monoisotopic (exact) mass is 487 g/mol. The van der Waals surface area contributed by atoms with Gasteiger partial charge < -0.3 is 10.0 Å². The molecule has 176 valence electrons. The zero-order valence-electron chi connectivity index (χ0n) is 19.3. The lowest BCUT2D eigenvalue weighted by Gasteiger charge is -2.23. The molecule has 1 aliphatic rings. The molecule has 3 aromatic carbocycles. The zero-order valence-corrected chi connectivity index (χ0v) is 20.1.